The van der Waals surface area contributed by atoms with Gasteiger partial charge in [-0.3, -0.25) is 9.59 Å². The Hall–Kier alpha value is -1.88. The fourth-order valence-electron chi connectivity index (χ4n) is 3.62. The number of benzene rings is 1. The lowest BCUT2D eigenvalue weighted by atomic mass is 9.99. The first-order valence-corrected chi connectivity index (χ1v) is 8.88. The first-order chi connectivity index (χ1) is 11.7. The molecule has 130 valence electrons. The molecule has 1 aromatic rings. The fourth-order valence-corrected chi connectivity index (χ4v) is 3.62. The molecule has 5 nitrogen and oxygen atoms in total. The molecule has 2 fully saturated rings. The molecular weight excluding hydrogens is 304 g/mol. The second kappa shape index (κ2) is 7.79. The molecule has 24 heavy (non-hydrogen) atoms. The van der Waals surface area contributed by atoms with Gasteiger partial charge in [-0.15, -0.1) is 0 Å². The van der Waals surface area contributed by atoms with Crippen molar-refractivity contribution < 1.29 is 14.3 Å². The Morgan fingerprint density at radius 2 is 1.88 bits per heavy atom. The highest BCUT2D eigenvalue weighted by Gasteiger charge is 2.38. The second-order valence-corrected chi connectivity index (χ2v) is 6.72. The third-order valence-corrected chi connectivity index (χ3v) is 4.95. The average Bonchev–Trinajstić information content (AvgIpc) is 3.11. The van der Waals surface area contributed by atoms with Crippen LogP contribution in [0.2, 0.25) is 0 Å². The van der Waals surface area contributed by atoms with Crippen molar-refractivity contribution in [1.29, 1.82) is 0 Å². The van der Waals surface area contributed by atoms with Gasteiger partial charge in [-0.05, 0) is 24.8 Å². The monoisotopic (exact) mass is 330 g/mol. The predicted octanol–water partition coefficient (Wildman–Crippen LogP) is 1.71. The van der Waals surface area contributed by atoms with E-state index in [9.17, 15) is 9.59 Å². The van der Waals surface area contributed by atoms with Gasteiger partial charge in [0.15, 0.2) is 0 Å². The number of amides is 2. The Labute approximate surface area is 143 Å². The third-order valence-electron chi connectivity index (χ3n) is 4.95. The van der Waals surface area contributed by atoms with Crippen molar-refractivity contribution in [3.8, 4) is 0 Å². The second-order valence-electron chi connectivity index (χ2n) is 6.72. The van der Waals surface area contributed by atoms with Gasteiger partial charge in [-0.1, -0.05) is 37.3 Å². The summed E-state index contributed by atoms with van der Waals surface area (Å²) in [7, 11) is 0. The highest BCUT2D eigenvalue weighted by molar-refractivity contribution is 5.89. The standard InChI is InChI=1S/C19H26N2O3/c1-15(14-16-6-3-2-4-7-16)18(22)21-9-5-8-17(21)19(23)20-10-12-24-13-11-20/h2-4,6-7,15,17H,5,8-14H2,1H3/t15?,17-/m1/s1. The lowest BCUT2D eigenvalue weighted by Gasteiger charge is -2.33. The summed E-state index contributed by atoms with van der Waals surface area (Å²) in [5.74, 6) is 0.0875. The van der Waals surface area contributed by atoms with Crippen molar-refractivity contribution in [3.05, 3.63) is 35.9 Å². The molecule has 2 atom stereocenters. The summed E-state index contributed by atoms with van der Waals surface area (Å²) < 4.78 is 5.32. The van der Waals surface area contributed by atoms with Gasteiger partial charge in [0, 0.05) is 25.6 Å². The molecule has 1 aromatic carbocycles. The summed E-state index contributed by atoms with van der Waals surface area (Å²) in [4.78, 5) is 29.3. The summed E-state index contributed by atoms with van der Waals surface area (Å²) in [6.07, 6.45) is 2.40. The maximum atomic E-state index is 12.9. The number of ether oxygens (including phenoxy) is 1. The summed E-state index contributed by atoms with van der Waals surface area (Å²) in [6.45, 7) is 5.12. The molecule has 0 N–H and O–H groups in total. The van der Waals surface area contributed by atoms with Gasteiger partial charge in [0.2, 0.25) is 11.8 Å². The first-order valence-electron chi connectivity index (χ1n) is 8.88. The number of rotatable bonds is 4. The molecule has 3 rings (SSSR count). The number of nitrogens with zero attached hydrogens (tertiary/aromatic N) is 2. The minimum Gasteiger partial charge on any atom is -0.378 e. The molecule has 1 unspecified atom stereocenters. The Morgan fingerprint density at radius 3 is 2.58 bits per heavy atom. The van der Waals surface area contributed by atoms with Crippen molar-refractivity contribution in [3.63, 3.8) is 0 Å². The Bertz CT molecular complexity index is 569. The minimum atomic E-state index is -0.283. The van der Waals surface area contributed by atoms with E-state index in [4.69, 9.17) is 4.74 Å². The average molecular weight is 330 g/mol. The van der Waals surface area contributed by atoms with Crippen molar-refractivity contribution >= 4 is 11.8 Å². The van der Waals surface area contributed by atoms with Gasteiger partial charge in [0.1, 0.15) is 6.04 Å². The number of hydrogen-bond donors (Lipinski definition) is 0. The van der Waals surface area contributed by atoms with Crippen LogP contribution in [0.15, 0.2) is 30.3 Å². The van der Waals surface area contributed by atoms with Crippen molar-refractivity contribution in [1.82, 2.24) is 9.80 Å². The van der Waals surface area contributed by atoms with Gasteiger partial charge in [0.05, 0.1) is 13.2 Å². The van der Waals surface area contributed by atoms with Crippen LogP contribution in [0.3, 0.4) is 0 Å². The lowest BCUT2D eigenvalue weighted by Crippen LogP contribution is -2.52. The smallest absolute Gasteiger partial charge is 0.245 e. The molecule has 0 saturated carbocycles. The van der Waals surface area contributed by atoms with E-state index in [2.05, 4.69) is 0 Å². The van der Waals surface area contributed by atoms with E-state index in [1.165, 1.54) is 0 Å². The van der Waals surface area contributed by atoms with Crippen LogP contribution in [0.1, 0.15) is 25.3 Å². The SMILES string of the molecule is CC(Cc1ccccc1)C(=O)N1CCC[C@@H]1C(=O)N1CCOCC1. The zero-order valence-electron chi connectivity index (χ0n) is 14.3. The predicted molar refractivity (Wildman–Crippen MR) is 91.4 cm³/mol. The topological polar surface area (TPSA) is 49.9 Å². The fraction of sp³-hybridized carbons (Fsp3) is 0.579. The molecule has 0 bridgehead atoms. The molecule has 0 radical (unpaired) electrons. The molecule has 2 aliphatic rings. The molecule has 5 heteroatoms. The third kappa shape index (κ3) is 3.78. The van der Waals surface area contributed by atoms with Crippen LogP contribution in [-0.4, -0.2) is 60.5 Å². The molecule has 2 aliphatic heterocycles. The van der Waals surface area contributed by atoms with Crippen molar-refractivity contribution in [2.24, 2.45) is 5.92 Å². The van der Waals surface area contributed by atoms with Crippen LogP contribution in [-0.2, 0) is 20.7 Å². The van der Waals surface area contributed by atoms with E-state index in [1.54, 1.807) is 0 Å². The lowest BCUT2D eigenvalue weighted by molar-refractivity contribution is -0.148. The summed E-state index contributed by atoms with van der Waals surface area (Å²) >= 11 is 0. The quantitative estimate of drug-likeness (QED) is 0.844. The van der Waals surface area contributed by atoms with Gasteiger partial charge in [-0.25, -0.2) is 0 Å². The zero-order chi connectivity index (χ0) is 16.9. The molecule has 0 aromatic heterocycles. The zero-order valence-corrected chi connectivity index (χ0v) is 14.3. The highest BCUT2D eigenvalue weighted by atomic mass is 16.5. The van der Waals surface area contributed by atoms with E-state index >= 15 is 0 Å². The largest absolute Gasteiger partial charge is 0.378 e. The first kappa shape index (κ1) is 17.0. The van der Waals surface area contributed by atoms with E-state index in [0.29, 0.717) is 39.3 Å². The van der Waals surface area contributed by atoms with Crippen molar-refractivity contribution in [2.45, 2.75) is 32.2 Å². The molecule has 2 amide bonds. The highest BCUT2D eigenvalue weighted by Crippen LogP contribution is 2.23. The van der Waals surface area contributed by atoms with Crippen LogP contribution in [0.25, 0.3) is 0 Å². The van der Waals surface area contributed by atoms with E-state index in [0.717, 1.165) is 18.4 Å². The van der Waals surface area contributed by atoms with Crippen LogP contribution in [0.4, 0.5) is 0 Å². The number of hydrogen-bond acceptors (Lipinski definition) is 3. The van der Waals surface area contributed by atoms with Gasteiger partial charge in [0.25, 0.3) is 0 Å². The maximum Gasteiger partial charge on any atom is 0.245 e. The van der Waals surface area contributed by atoms with Crippen LogP contribution in [0, 0.1) is 5.92 Å². The van der Waals surface area contributed by atoms with Crippen LogP contribution in [0.5, 0.6) is 0 Å². The Balaban J connectivity index is 1.63. The minimum absolute atomic E-state index is 0.0936. The molecular formula is C19H26N2O3. The normalized spacial score (nSPS) is 22.5. The molecule has 2 heterocycles. The Kier molecular flexibility index (Phi) is 5.51. The number of carbonyl (C=O) groups is 2. The van der Waals surface area contributed by atoms with Gasteiger partial charge >= 0.3 is 0 Å². The Morgan fingerprint density at radius 1 is 1.17 bits per heavy atom. The van der Waals surface area contributed by atoms with E-state index in [-0.39, 0.29) is 23.8 Å². The maximum absolute atomic E-state index is 12.9. The van der Waals surface area contributed by atoms with E-state index in [1.807, 2.05) is 47.1 Å². The molecule has 2 saturated heterocycles. The van der Waals surface area contributed by atoms with E-state index < -0.39 is 0 Å². The molecule has 0 spiro atoms. The van der Waals surface area contributed by atoms with Crippen LogP contribution >= 0.6 is 0 Å². The van der Waals surface area contributed by atoms with Gasteiger partial charge < -0.3 is 14.5 Å². The summed E-state index contributed by atoms with van der Waals surface area (Å²) in [5.41, 5.74) is 1.16. The van der Waals surface area contributed by atoms with Gasteiger partial charge in [-0.2, -0.15) is 0 Å². The van der Waals surface area contributed by atoms with Crippen LogP contribution < -0.4 is 0 Å². The number of likely N-dealkylation sites (tertiary alicyclic amines) is 1. The van der Waals surface area contributed by atoms with Crippen molar-refractivity contribution in [2.75, 3.05) is 32.8 Å². The summed E-state index contributed by atoms with van der Waals surface area (Å²) in [5, 5.41) is 0. The summed E-state index contributed by atoms with van der Waals surface area (Å²) in [6, 6.07) is 9.77. The molecule has 0 aliphatic carbocycles. The number of carbonyl (C=O) groups excluding carboxylic acids is 2. The number of morpholine rings is 1.